The van der Waals surface area contributed by atoms with Crippen LogP contribution in [0.1, 0.15) is 6.92 Å². The normalized spacial score (nSPS) is 14.7. The van der Waals surface area contributed by atoms with Gasteiger partial charge in [0.1, 0.15) is 0 Å². The highest BCUT2D eigenvalue weighted by molar-refractivity contribution is 6.21. The third kappa shape index (κ3) is 3.54. The van der Waals surface area contributed by atoms with Crippen LogP contribution >= 0.6 is 11.6 Å². The minimum atomic E-state index is -1.48. The minimum Gasteiger partial charge on any atom is -0.467 e. The van der Waals surface area contributed by atoms with Crippen LogP contribution in [0.2, 0.25) is 0 Å². The fourth-order valence-corrected chi connectivity index (χ4v) is 0.752. The summed E-state index contributed by atoms with van der Waals surface area (Å²) in [6.07, 6.45) is 0. The van der Waals surface area contributed by atoms with Crippen LogP contribution < -0.4 is 5.32 Å². The Balaban J connectivity index is 4.23. The molecule has 0 bridgehead atoms. The molecule has 2 N–H and O–H groups in total. The first-order valence-corrected chi connectivity index (χ1v) is 3.59. The lowest BCUT2D eigenvalue weighted by atomic mass is 10.3. The summed E-state index contributed by atoms with van der Waals surface area (Å²) in [4.78, 5) is 21.3. The summed E-state index contributed by atoms with van der Waals surface area (Å²) >= 11 is 5.20. The van der Waals surface area contributed by atoms with Crippen molar-refractivity contribution in [3.8, 4) is 0 Å². The molecule has 0 aliphatic heterocycles. The van der Waals surface area contributed by atoms with Gasteiger partial charge in [-0.25, -0.2) is 4.79 Å². The van der Waals surface area contributed by atoms with Gasteiger partial charge in [-0.3, -0.25) is 4.79 Å². The van der Waals surface area contributed by atoms with Crippen LogP contribution in [0.4, 0.5) is 0 Å². The van der Waals surface area contributed by atoms with Crippen molar-refractivity contribution in [3.63, 3.8) is 0 Å². The maximum absolute atomic E-state index is 10.8. The average Bonchev–Trinajstić information content (AvgIpc) is 1.98. The van der Waals surface area contributed by atoms with Gasteiger partial charge in [-0.05, 0) is 0 Å². The fourth-order valence-electron chi connectivity index (χ4n) is 0.586. The number of nitrogens with one attached hydrogen (secondary N) is 1. The van der Waals surface area contributed by atoms with Gasteiger partial charge in [-0.15, -0.1) is 0 Å². The first-order chi connectivity index (χ1) is 5.49. The summed E-state index contributed by atoms with van der Waals surface area (Å²) in [6, 6.07) is -1.21. The lowest BCUT2D eigenvalue weighted by molar-refractivity contribution is -0.146. The van der Waals surface area contributed by atoms with E-state index in [0.717, 1.165) is 7.11 Å². The third-order valence-corrected chi connectivity index (χ3v) is 1.34. The van der Waals surface area contributed by atoms with Gasteiger partial charge in [0.25, 0.3) is 0 Å². The summed E-state index contributed by atoms with van der Waals surface area (Å²) in [5.41, 5.74) is -1.48. The Morgan fingerprint density at radius 2 is 2.08 bits per heavy atom. The number of amides is 1. The Kier molecular flexibility index (Phi) is 4.61. The van der Waals surface area contributed by atoms with Crippen LogP contribution in [0.25, 0.3) is 0 Å². The molecule has 2 atom stereocenters. The third-order valence-electron chi connectivity index (χ3n) is 1.09. The van der Waals surface area contributed by atoms with Crippen molar-refractivity contribution in [1.29, 1.82) is 0 Å². The Morgan fingerprint density at radius 3 is 2.33 bits per heavy atom. The van der Waals surface area contributed by atoms with Gasteiger partial charge in [0.15, 0.2) is 11.6 Å². The smallest absolute Gasteiger partial charge is 0.332 e. The van der Waals surface area contributed by atoms with Gasteiger partial charge in [-0.1, -0.05) is 11.6 Å². The van der Waals surface area contributed by atoms with E-state index in [1.807, 2.05) is 0 Å². The number of rotatable bonds is 3. The molecule has 0 saturated heterocycles. The van der Waals surface area contributed by atoms with E-state index in [2.05, 4.69) is 10.1 Å². The first-order valence-electron chi connectivity index (χ1n) is 3.16. The quantitative estimate of drug-likeness (QED) is 0.458. The van der Waals surface area contributed by atoms with Crippen molar-refractivity contribution in [2.75, 3.05) is 7.11 Å². The number of carbonyl (C=O) groups excluding carboxylic acids is 2. The number of hydrogen-bond donors (Lipinski definition) is 2. The molecule has 5 nitrogen and oxygen atoms in total. The van der Waals surface area contributed by atoms with Gasteiger partial charge >= 0.3 is 5.97 Å². The monoisotopic (exact) mass is 195 g/mol. The molecule has 0 spiro atoms. The van der Waals surface area contributed by atoms with Gasteiger partial charge in [0.05, 0.1) is 7.11 Å². The van der Waals surface area contributed by atoms with Crippen LogP contribution in [0, 0.1) is 0 Å². The predicted molar refractivity (Wildman–Crippen MR) is 41.5 cm³/mol. The van der Waals surface area contributed by atoms with Gasteiger partial charge in [0, 0.05) is 6.92 Å². The molecular weight excluding hydrogens is 186 g/mol. The van der Waals surface area contributed by atoms with Crippen LogP contribution in [0.5, 0.6) is 0 Å². The van der Waals surface area contributed by atoms with E-state index in [1.54, 1.807) is 0 Å². The Hall–Kier alpha value is -0.810. The topological polar surface area (TPSA) is 75.6 Å². The standard InChI is InChI=1S/C6H10ClNO4/c1-3(9)8-4(5(7)10)6(11)12-2/h4-5,10H,1-2H3,(H,8,9)/t4-,5+/m0/s1. The second kappa shape index (κ2) is 4.95. The van der Waals surface area contributed by atoms with Crippen LogP contribution in [0.3, 0.4) is 0 Å². The van der Waals surface area contributed by atoms with E-state index in [9.17, 15) is 9.59 Å². The number of ether oxygens (including phenoxy) is 1. The zero-order valence-electron chi connectivity index (χ0n) is 6.70. The molecule has 0 radical (unpaired) electrons. The molecule has 12 heavy (non-hydrogen) atoms. The van der Waals surface area contributed by atoms with Gasteiger partial charge in [0.2, 0.25) is 5.91 Å². The van der Waals surface area contributed by atoms with Crippen molar-refractivity contribution in [3.05, 3.63) is 0 Å². The Morgan fingerprint density at radius 1 is 1.58 bits per heavy atom. The molecule has 6 heteroatoms. The van der Waals surface area contributed by atoms with Crippen LogP contribution in [-0.2, 0) is 14.3 Å². The zero-order chi connectivity index (χ0) is 9.72. The van der Waals surface area contributed by atoms with Gasteiger partial charge in [-0.2, -0.15) is 0 Å². The van der Waals surface area contributed by atoms with Crippen LogP contribution in [-0.4, -0.2) is 35.7 Å². The van der Waals surface area contributed by atoms with Crippen molar-refractivity contribution < 1.29 is 19.4 Å². The Labute approximate surface area is 74.6 Å². The Bertz CT molecular complexity index is 182. The number of hydrogen-bond acceptors (Lipinski definition) is 4. The molecule has 0 rings (SSSR count). The van der Waals surface area contributed by atoms with Gasteiger partial charge < -0.3 is 15.2 Å². The first kappa shape index (κ1) is 11.2. The van der Waals surface area contributed by atoms with Crippen LogP contribution in [0.15, 0.2) is 0 Å². The molecule has 0 aromatic carbocycles. The van der Waals surface area contributed by atoms with E-state index in [1.165, 1.54) is 6.92 Å². The maximum atomic E-state index is 10.8. The molecule has 0 heterocycles. The number of methoxy groups -OCH3 is 1. The van der Waals surface area contributed by atoms with Crippen molar-refractivity contribution >= 4 is 23.5 Å². The molecule has 0 fully saturated rings. The summed E-state index contributed by atoms with van der Waals surface area (Å²) in [5, 5.41) is 10.9. The number of esters is 1. The SMILES string of the molecule is COC(=O)[C@@H](NC(C)=O)[C@@H](O)Cl. The lowest BCUT2D eigenvalue weighted by Crippen LogP contribution is -2.46. The lowest BCUT2D eigenvalue weighted by Gasteiger charge is -2.15. The predicted octanol–water partition coefficient (Wildman–Crippen LogP) is -0.779. The number of halogens is 1. The number of aliphatic hydroxyl groups excluding tert-OH is 1. The molecule has 0 saturated carbocycles. The fraction of sp³-hybridized carbons (Fsp3) is 0.667. The van der Waals surface area contributed by atoms with Crippen molar-refractivity contribution in [2.45, 2.75) is 18.5 Å². The molecule has 0 aromatic rings. The average molecular weight is 196 g/mol. The molecule has 0 aliphatic carbocycles. The van der Waals surface area contributed by atoms with E-state index < -0.39 is 23.5 Å². The number of aliphatic hydroxyl groups is 1. The summed E-state index contributed by atoms with van der Waals surface area (Å²) in [6.45, 7) is 1.20. The molecule has 0 unspecified atom stereocenters. The molecule has 1 amide bonds. The molecule has 70 valence electrons. The zero-order valence-corrected chi connectivity index (χ0v) is 7.46. The van der Waals surface area contributed by atoms with E-state index >= 15 is 0 Å². The summed E-state index contributed by atoms with van der Waals surface area (Å²) in [7, 11) is 1.14. The van der Waals surface area contributed by atoms with Crippen molar-refractivity contribution in [2.24, 2.45) is 0 Å². The maximum Gasteiger partial charge on any atom is 0.332 e. The summed E-state index contributed by atoms with van der Waals surface area (Å²) < 4.78 is 4.28. The highest BCUT2D eigenvalue weighted by Gasteiger charge is 2.26. The highest BCUT2D eigenvalue weighted by Crippen LogP contribution is 2.00. The van der Waals surface area contributed by atoms with E-state index in [-0.39, 0.29) is 0 Å². The summed E-state index contributed by atoms with van der Waals surface area (Å²) in [5.74, 6) is -1.25. The second-order valence-electron chi connectivity index (χ2n) is 2.07. The van der Waals surface area contributed by atoms with E-state index in [4.69, 9.17) is 16.7 Å². The van der Waals surface area contributed by atoms with E-state index in [0.29, 0.717) is 0 Å². The largest absolute Gasteiger partial charge is 0.467 e. The number of alkyl halides is 1. The molecule has 0 aromatic heterocycles. The number of carbonyl (C=O) groups is 2. The molecule has 0 aliphatic rings. The highest BCUT2D eigenvalue weighted by atomic mass is 35.5. The minimum absolute atomic E-state index is 0.468. The van der Waals surface area contributed by atoms with Crippen molar-refractivity contribution in [1.82, 2.24) is 5.32 Å². The second-order valence-corrected chi connectivity index (χ2v) is 2.52. The molecular formula is C6H10ClNO4.